The van der Waals surface area contributed by atoms with Crippen LogP contribution >= 0.6 is 22.7 Å². The minimum Gasteiger partial charge on any atom is -0.507 e. The Morgan fingerprint density at radius 2 is 2.00 bits per heavy atom. The fraction of sp³-hybridized carbons (Fsp3) is 0.263. The van der Waals surface area contributed by atoms with Gasteiger partial charge in [0.2, 0.25) is 5.91 Å². The number of nitrogens with zero attached hydrogens (tertiary/aromatic N) is 3. The van der Waals surface area contributed by atoms with E-state index in [1.54, 1.807) is 19.5 Å². The maximum absolute atomic E-state index is 14.4. The smallest absolute Gasteiger partial charge is 0.339 e. The van der Waals surface area contributed by atoms with Crippen LogP contribution in [0.5, 0.6) is 5.75 Å². The third-order valence-electron chi connectivity index (χ3n) is 4.07. The van der Waals surface area contributed by atoms with Gasteiger partial charge in [-0.2, -0.15) is 0 Å². The summed E-state index contributed by atoms with van der Waals surface area (Å²) in [7, 11) is 3.30. The van der Waals surface area contributed by atoms with E-state index in [4.69, 9.17) is 9.84 Å². The monoisotopic (exact) mass is 451 g/mol. The Kier molecular flexibility index (Phi) is 6.44. The highest BCUT2D eigenvalue weighted by atomic mass is 32.1. The fourth-order valence-electron chi connectivity index (χ4n) is 2.51. The maximum Gasteiger partial charge on any atom is 0.339 e. The number of ether oxygens (including phenoxy) is 1. The minimum absolute atomic E-state index is 0.0154. The van der Waals surface area contributed by atoms with Gasteiger partial charge >= 0.3 is 5.97 Å². The molecule has 3 aromatic rings. The standard InChI is InChI=1S/C19H18FN3O5S2/c1-9-17(30-15(21-9)6-28-7-16(25)23(2)3)13-8-29-18(22-13)10-5-14(24)11(19(26)27)4-12(10)20/h4-5,8,24H,6-7H2,1-3H3,(H,26,27). The average molecular weight is 452 g/mol. The van der Waals surface area contributed by atoms with E-state index in [0.717, 1.165) is 22.7 Å². The molecule has 2 heterocycles. The molecule has 2 N–H and O–H groups in total. The van der Waals surface area contributed by atoms with Crippen molar-refractivity contribution in [3.63, 3.8) is 0 Å². The molecular formula is C19H18FN3O5S2. The molecule has 0 aliphatic rings. The summed E-state index contributed by atoms with van der Waals surface area (Å²) >= 11 is 2.52. The summed E-state index contributed by atoms with van der Waals surface area (Å²) in [5, 5.41) is 21.6. The third kappa shape index (κ3) is 4.64. The lowest BCUT2D eigenvalue weighted by atomic mass is 10.1. The summed E-state index contributed by atoms with van der Waals surface area (Å²) in [6, 6.07) is 1.83. The number of benzene rings is 1. The molecule has 2 aromatic heterocycles. The highest BCUT2D eigenvalue weighted by Crippen LogP contribution is 2.36. The predicted octanol–water partition coefficient (Wildman–Crippen LogP) is 3.39. The predicted molar refractivity (Wildman–Crippen MR) is 110 cm³/mol. The first-order valence-electron chi connectivity index (χ1n) is 8.63. The number of carbonyl (C=O) groups is 2. The number of amides is 1. The van der Waals surface area contributed by atoms with E-state index in [1.807, 2.05) is 6.92 Å². The van der Waals surface area contributed by atoms with Crippen LogP contribution in [-0.2, 0) is 16.1 Å². The molecule has 0 fully saturated rings. The number of aromatic hydroxyl groups is 1. The number of hydrogen-bond donors (Lipinski definition) is 2. The van der Waals surface area contributed by atoms with Crippen LogP contribution < -0.4 is 0 Å². The van der Waals surface area contributed by atoms with Crippen LogP contribution in [0.2, 0.25) is 0 Å². The second kappa shape index (κ2) is 8.86. The number of aromatic carboxylic acids is 1. The zero-order valence-corrected chi connectivity index (χ0v) is 17.9. The van der Waals surface area contributed by atoms with Gasteiger partial charge in [-0.15, -0.1) is 22.7 Å². The number of phenols is 1. The molecule has 8 nitrogen and oxygen atoms in total. The Hall–Kier alpha value is -2.89. The second-order valence-corrected chi connectivity index (χ2v) is 8.44. The molecule has 1 amide bonds. The Bertz CT molecular complexity index is 1110. The molecule has 0 unspecified atom stereocenters. The first kappa shape index (κ1) is 21.8. The maximum atomic E-state index is 14.4. The quantitative estimate of drug-likeness (QED) is 0.566. The molecule has 0 aliphatic carbocycles. The van der Waals surface area contributed by atoms with Crippen LogP contribution in [0.25, 0.3) is 21.1 Å². The molecule has 11 heteroatoms. The van der Waals surface area contributed by atoms with Gasteiger partial charge in [0, 0.05) is 25.0 Å². The minimum atomic E-state index is -1.42. The number of carboxylic acids is 1. The van der Waals surface area contributed by atoms with E-state index in [-0.39, 0.29) is 24.7 Å². The van der Waals surface area contributed by atoms with Crippen LogP contribution in [0.1, 0.15) is 21.1 Å². The van der Waals surface area contributed by atoms with Gasteiger partial charge in [-0.05, 0) is 19.1 Å². The van der Waals surface area contributed by atoms with E-state index in [2.05, 4.69) is 9.97 Å². The van der Waals surface area contributed by atoms with E-state index in [1.165, 1.54) is 27.6 Å². The summed E-state index contributed by atoms with van der Waals surface area (Å²) in [6.45, 7) is 1.95. The molecule has 0 spiro atoms. The Balaban J connectivity index is 1.80. The lowest BCUT2D eigenvalue weighted by molar-refractivity contribution is -0.133. The molecule has 158 valence electrons. The van der Waals surface area contributed by atoms with Crippen molar-refractivity contribution in [3.8, 4) is 26.9 Å². The number of thiazole rings is 2. The van der Waals surface area contributed by atoms with Gasteiger partial charge in [-0.25, -0.2) is 19.2 Å². The Labute approximate surface area is 179 Å². The summed E-state index contributed by atoms with van der Waals surface area (Å²) in [6.07, 6.45) is 0. The summed E-state index contributed by atoms with van der Waals surface area (Å²) in [5.41, 5.74) is 0.811. The molecule has 0 atom stereocenters. The normalized spacial score (nSPS) is 10.9. The van der Waals surface area contributed by atoms with Gasteiger partial charge in [-0.3, -0.25) is 4.79 Å². The van der Waals surface area contributed by atoms with Crippen LogP contribution in [0, 0.1) is 12.7 Å². The number of halogens is 1. The number of aromatic nitrogens is 2. The molecule has 0 bridgehead atoms. The van der Waals surface area contributed by atoms with Crippen molar-refractivity contribution in [1.29, 1.82) is 0 Å². The second-order valence-electron chi connectivity index (χ2n) is 6.50. The van der Waals surface area contributed by atoms with Crippen LogP contribution in [0.4, 0.5) is 4.39 Å². The first-order valence-corrected chi connectivity index (χ1v) is 10.3. The van der Waals surface area contributed by atoms with Gasteiger partial charge < -0.3 is 19.8 Å². The Morgan fingerprint density at radius 1 is 1.27 bits per heavy atom. The van der Waals surface area contributed by atoms with Crippen molar-refractivity contribution >= 4 is 34.6 Å². The third-order valence-corrected chi connectivity index (χ3v) is 6.10. The number of likely N-dealkylation sites (N-methyl/N-ethyl adjacent to an activating group) is 1. The lowest BCUT2D eigenvalue weighted by Crippen LogP contribution is -2.26. The highest BCUT2D eigenvalue weighted by Gasteiger charge is 2.19. The lowest BCUT2D eigenvalue weighted by Gasteiger charge is -2.09. The van der Waals surface area contributed by atoms with E-state index in [0.29, 0.717) is 15.7 Å². The van der Waals surface area contributed by atoms with E-state index < -0.39 is 23.1 Å². The van der Waals surface area contributed by atoms with Crippen LogP contribution in [0.15, 0.2) is 17.5 Å². The number of rotatable bonds is 7. The molecule has 0 saturated heterocycles. The van der Waals surface area contributed by atoms with Crippen molar-refractivity contribution in [2.45, 2.75) is 13.5 Å². The van der Waals surface area contributed by atoms with Gasteiger partial charge in [0.1, 0.15) is 33.8 Å². The SMILES string of the molecule is Cc1nc(COCC(=O)N(C)C)sc1-c1csc(-c2cc(O)c(C(=O)O)cc2F)n1. The largest absolute Gasteiger partial charge is 0.507 e. The van der Waals surface area contributed by atoms with Crippen molar-refractivity contribution in [2.75, 3.05) is 20.7 Å². The fourth-order valence-corrected chi connectivity index (χ4v) is 4.37. The van der Waals surface area contributed by atoms with E-state index in [9.17, 15) is 19.1 Å². The van der Waals surface area contributed by atoms with Gasteiger partial charge in [0.25, 0.3) is 0 Å². The van der Waals surface area contributed by atoms with Gasteiger partial charge in [0.15, 0.2) is 0 Å². The van der Waals surface area contributed by atoms with Crippen molar-refractivity contribution in [3.05, 3.63) is 39.6 Å². The molecule has 0 aliphatic heterocycles. The van der Waals surface area contributed by atoms with Gasteiger partial charge in [-0.1, -0.05) is 0 Å². The number of carbonyl (C=O) groups excluding carboxylic acids is 1. The van der Waals surface area contributed by atoms with Crippen molar-refractivity contribution in [2.24, 2.45) is 0 Å². The van der Waals surface area contributed by atoms with Gasteiger partial charge in [0.05, 0.1) is 22.9 Å². The Morgan fingerprint density at radius 3 is 2.67 bits per heavy atom. The topological polar surface area (TPSA) is 113 Å². The zero-order chi connectivity index (χ0) is 22.0. The summed E-state index contributed by atoms with van der Waals surface area (Å²) in [5.74, 6) is -2.88. The van der Waals surface area contributed by atoms with Crippen LogP contribution in [-0.4, -0.2) is 57.7 Å². The number of aryl methyl sites for hydroxylation is 1. The van der Waals surface area contributed by atoms with Crippen molar-refractivity contribution < 1.29 is 28.9 Å². The van der Waals surface area contributed by atoms with E-state index >= 15 is 0 Å². The molecular weight excluding hydrogens is 433 g/mol. The highest BCUT2D eigenvalue weighted by molar-refractivity contribution is 7.16. The molecule has 0 radical (unpaired) electrons. The molecule has 3 rings (SSSR count). The number of hydrogen-bond acceptors (Lipinski definition) is 8. The summed E-state index contributed by atoms with van der Waals surface area (Å²) in [4.78, 5) is 33.7. The first-order chi connectivity index (χ1) is 14.2. The van der Waals surface area contributed by atoms with Crippen molar-refractivity contribution in [1.82, 2.24) is 14.9 Å². The molecule has 1 aromatic carbocycles. The zero-order valence-electron chi connectivity index (χ0n) is 16.3. The van der Waals surface area contributed by atoms with Crippen LogP contribution in [0.3, 0.4) is 0 Å². The molecule has 30 heavy (non-hydrogen) atoms. The molecule has 0 saturated carbocycles. The summed E-state index contributed by atoms with van der Waals surface area (Å²) < 4.78 is 19.8. The number of carboxylic acid groups (broad SMARTS) is 1. The average Bonchev–Trinajstić information content (AvgIpc) is 3.29.